The van der Waals surface area contributed by atoms with Crippen molar-refractivity contribution in [3.05, 3.63) is 57.8 Å². The zero-order valence-corrected chi connectivity index (χ0v) is 13.2. The summed E-state index contributed by atoms with van der Waals surface area (Å²) in [7, 11) is 0. The Balaban J connectivity index is 1.82. The average Bonchev–Trinajstić information content (AvgIpc) is 3.11. The molecule has 0 bridgehead atoms. The van der Waals surface area contributed by atoms with Gasteiger partial charge in [0.15, 0.2) is 15.6 Å². The smallest absolute Gasteiger partial charge is 0.293 e. The lowest BCUT2D eigenvalue weighted by Crippen LogP contribution is -2.10. The molecule has 2 heterocycles. The highest BCUT2D eigenvalue weighted by atomic mass is 79.9. The quantitative estimate of drug-likeness (QED) is 0.712. The van der Waals surface area contributed by atoms with Gasteiger partial charge in [-0.3, -0.25) is 10.1 Å². The van der Waals surface area contributed by atoms with E-state index in [4.69, 9.17) is 4.42 Å². The van der Waals surface area contributed by atoms with E-state index in [2.05, 4.69) is 26.2 Å². The molecule has 0 atom stereocenters. The molecule has 0 spiro atoms. The fraction of sp³-hybridized carbons (Fsp3) is 0. The first-order valence-electron chi connectivity index (χ1n) is 6.00. The molecule has 1 aromatic carbocycles. The fourth-order valence-electron chi connectivity index (χ4n) is 1.74. The molecule has 0 aliphatic heterocycles. The second-order valence-electron chi connectivity index (χ2n) is 4.22. The molecule has 3 rings (SSSR count). The first-order chi connectivity index (χ1) is 10.5. The molecule has 0 fully saturated rings. The largest absolute Gasteiger partial charge is 0.444 e. The molecule has 0 aliphatic rings. The van der Waals surface area contributed by atoms with Gasteiger partial charge in [-0.2, -0.15) is 0 Å². The SMILES string of the molecule is O=C(Nc1nc(-c2cc(F)ccc2F)cs1)c1ccc(Br)o1. The number of furan rings is 1. The highest BCUT2D eigenvalue weighted by molar-refractivity contribution is 9.10. The van der Waals surface area contributed by atoms with Crippen LogP contribution in [-0.4, -0.2) is 10.9 Å². The van der Waals surface area contributed by atoms with Crippen LogP contribution in [0.15, 0.2) is 44.8 Å². The van der Waals surface area contributed by atoms with E-state index >= 15 is 0 Å². The molecule has 0 saturated heterocycles. The minimum absolute atomic E-state index is 0.0393. The molecule has 4 nitrogen and oxygen atoms in total. The molecule has 112 valence electrons. The van der Waals surface area contributed by atoms with Gasteiger partial charge < -0.3 is 4.42 Å². The van der Waals surface area contributed by atoms with Crippen molar-refractivity contribution in [1.82, 2.24) is 4.98 Å². The van der Waals surface area contributed by atoms with Gasteiger partial charge in [-0.1, -0.05) is 0 Å². The number of nitrogens with zero attached hydrogens (tertiary/aromatic N) is 1. The van der Waals surface area contributed by atoms with E-state index in [0.29, 0.717) is 4.67 Å². The summed E-state index contributed by atoms with van der Waals surface area (Å²) in [6.45, 7) is 0. The monoisotopic (exact) mass is 384 g/mol. The Hall–Kier alpha value is -2.06. The Morgan fingerprint density at radius 2 is 2.09 bits per heavy atom. The highest BCUT2D eigenvalue weighted by Crippen LogP contribution is 2.28. The summed E-state index contributed by atoms with van der Waals surface area (Å²) in [6.07, 6.45) is 0. The summed E-state index contributed by atoms with van der Waals surface area (Å²) >= 11 is 4.20. The molecule has 0 radical (unpaired) electrons. The predicted molar refractivity (Wildman–Crippen MR) is 81.8 cm³/mol. The van der Waals surface area contributed by atoms with E-state index in [0.717, 1.165) is 29.5 Å². The van der Waals surface area contributed by atoms with Crippen LogP contribution in [0, 0.1) is 11.6 Å². The Morgan fingerprint density at radius 3 is 2.82 bits per heavy atom. The summed E-state index contributed by atoms with van der Waals surface area (Å²) < 4.78 is 32.4. The van der Waals surface area contributed by atoms with E-state index in [1.54, 1.807) is 6.07 Å². The van der Waals surface area contributed by atoms with E-state index in [-0.39, 0.29) is 22.1 Å². The van der Waals surface area contributed by atoms with Gasteiger partial charge in [0.1, 0.15) is 11.6 Å². The molecule has 22 heavy (non-hydrogen) atoms. The van der Waals surface area contributed by atoms with Crippen molar-refractivity contribution in [2.24, 2.45) is 0 Å². The van der Waals surface area contributed by atoms with Gasteiger partial charge in [-0.15, -0.1) is 11.3 Å². The van der Waals surface area contributed by atoms with Gasteiger partial charge in [0, 0.05) is 10.9 Å². The zero-order valence-electron chi connectivity index (χ0n) is 10.8. The first kappa shape index (κ1) is 14.9. The van der Waals surface area contributed by atoms with E-state index in [9.17, 15) is 13.6 Å². The number of hydrogen-bond donors (Lipinski definition) is 1. The molecule has 8 heteroatoms. The van der Waals surface area contributed by atoms with Crippen molar-refractivity contribution in [2.45, 2.75) is 0 Å². The Labute approximate surface area is 135 Å². The van der Waals surface area contributed by atoms with Crippen LogP contribution in [-0.2, 0) is 0 Å². The van der Waals surface area contributed by atoms with Crippen molar-refractivity contribution in [1.29, 1.82) is 0 Å². The van der Waals surface area contributed by atoms with Crippen molar-refractivity contribution >= 4 is 38.3 Å². The second kappa shape index (κ2) is 5.98. The van der Waals surface area contributed by atoms with Crippen molar-refractivity contribution in [3.63, 3.8) is 0 Å². The third-order valence-corrected chi connectivity index (χ3v) is 3.91. The number of benzene rings is 1. The van der Waals surface area contributed by atoms with Crippen LogP contribution < -0.4 is 5.32 Å². The van der Waals surface area contributed by atoms with Crippen LogP contribution in [0.1, 0.15) is 10.6 Å². The minimum atomic E-state index is -0.584. The summed E-state index contributed by atoms with van der Waals surface area (Å²) in [5.41, 5.74) is 0.287. The second-order valence-corrected chi connectivity index (χ2v) is 5.86. The van der Waals surface area contributed by atoms with Crippen LogP contribution in [0.25, 0.3) is 11.3 Å². The molecule has 1 N–H and O–H groups in total. The van der Waals surface area contributed by atoms with Gasteiger partial charge >= 0.3 is 0 Å². The summed E-state index contributed by atoms with van der Waals surface area (Å²) in [4.78, 5) is 16.0. The molecular weight excluding hydrogens is 378 g/mol. The molecule has 0 unspecified atom stereocenters. The predicted octanol–water partition coefficient (Wildman–Crippen LogP) is 4.70. The minimum Gasteiger partial charge on any atom is -0.444 e. The molecule has 1 amide bonds. The number of anilines is 1. The van der Waals surface area contributed by atoms with Gasteiger partial charge in [-0.05, 0) is 46.3 Å². The summed E-state index contributed by atoms with van der Waals surface area (Å²) in [5, 5.41) is 4.33. The van der Waals surface area contributed by atoms with Crippen LogP contribution in [0.4, 0.5) is 13.9 Å². The molecule has 0 aliphatic carbocycles. The Morgan fingerprint density at radius 1 is 1.27 bits per heavy atom. The van der Waals surface area contributed by atoms with E-state index < -0.39 is 17.5 Å². The van der Waals surface area contributed by atoms with Gasteiger partial charge in [0.25, 0.3) is 5.91 Å². The maximum absolute atomic E-state index is 13.7. The summed E-state index contributed by atoms with van der Waals surface area (Å²) in [5.74, 6) is -1.51. The van der Waals surface area contributed by atoms with Gasteiger partial charge in [0.2, 0.25) is 0 Å². The van der Waals surface area contributed by atoms with Gasteiger partial charge in [0.05, 0.1) is 5.69 Å². The molecule has 2 aromatic heterocycles. The topological polar surface area (TPSA) is 55.1 Å². The molecular formula is C14H7BrF2N2O2S. The van der Waals surface area contributed by atoms with Crippen molar-refractivity contribution in [2.75, 3.05) is 5.32 Å². The lowest BCUT2D eigenvalue weighted by Gasteiger charge is -2.00. The Kier molecular flexibility index (Phi) is 4.04. The number of rotatable bonds is 3. The average molecular weight is 385 g/mol. The number of hydrogen-bond acceptors (Lipinski definition) is 4. The number of nitrogens with one attached hydrogen (secondary N) is 1. The third kappa shape index (κ3) is 3.07. The number of halogens is 3. The van der Waals surface area contributed by atoms with Crippen LogP contribution in [0.2, 0.25) is 0 Å². The normalized spacial score (nSPS) is 10.7. The summed E-state index contributed by atoms with van der Waals surface area (Å²) in [6, 6.07) is 6.20. The number of carbonyl (C=O) groups is 1. The van der Waals surface area contributed by atoms with Crippen LogP contribution in [0.3, 0.4) is 0 Å². The maximum Gasteiger partial charge on any atom is 0.293 e. The van der Waals surface area contributed by atoms with Crippen molar-refractivity contribution < 1.29 is 18.0 Å². The van der Waals surface area contributed by atoms with E-state index in [1.807, 2.05) is 0 Å². The van der Waals surface area contributed by atoms with Crippen molar-refractivity contribution in [3.8, 4) is 11.3 Å². The molecule has 0 saturated carbocycles. The van der Waals surface area contributed by atoms with E-state index in [1.165, 1.54) is 11.4 Å². The lowest BCUT2D eigenvalue weighted by atomic mass is 10.1. The lowest BCUT2D eigenvalue weighted by molar-refractivity contribution is 0.0995. The fourth-order valence-corrected chi connectivity index (χ4v) is 2.76. The van der Waals surface area contributed by atoms with Crippen LogP contribution >= 0.6 is 27.3 Å². The number of carbonyl (C=O) groups excluding carboxylic acids is 1. The standard InChI is InChI=1S/C14H7BrF2N2O2S/c15-12-4-3-11(21-12)13(20)19-14-18-10(6-22-14)8-5-7(16)1-2-9(8)17/h1-6H,(H,18,19,20). The number of aromatic nitrogens is 1. The van der Waals surface area contributed by atoms with Gasteiger partial charge in [-0.25, -0.2) is 13.8 Å². The third-order valence-electron chi connectivity index (χ3n) is 2.73. The maximum atomic E-state index is 13.7. The Bertz CT molecular complexity index is 847. The zero-order chi connectivity index (χ0) is 15.7. The number of thiazole rings is 1. The first-order valence-corrected chi connectivity index (χ1v) is 7.68. The molecule has 3 aromatic rings. The number of amides is 1. The van der Waals surface area contributed by atoms with Crippen LogP contribution in [0.5, 0.6) is 0 Å². The highest BCUT2D eigenvalue weighted by Gasteiger charge is 2.15.